The number of pyridine rings is 1. The van der Waals surface area contributed by atoms with Crippen molar-refractivity contribution in [3.63, 3.8) is 0 Å². The maximum absolute atomic E-state index is 11.8. The number of halogens is 1. The number of nitrogens with zero attached hydrogens (tertiary/aromatic N) is 1. The van der Waals surface area contributed by atoms with Crippen LogP contribution in [0, 0.1) is 0 Å². The second-order valence-electron chi connectivity index (χ2n) is 3.40. The molecule has 2 rings (SSSR count). The van der Waals surface area contributed by atoms with Crippen LogP contribution in [0.1, 0.15) is 10.5 Å². The van der Waals surface area contributed by atoms with Gasteiger partial charge in [0.25, 0.3) is 5.91 Å². The topological polar surface area (TPSA) is 68.0 Å². The third kappa shape index (κ3) is 2.73. The van der Waals surface area contributed by atoms with Gasteiger partial charge in [0, 0.05) is 11.2 Å². The lowest BCUT2D eigenvalue weighted by Crippen LogP contribution is -2.14. The zero-order valence-corrected chi connectivity index (χ0v) is 9.61. The van der Waals surface area contributed by atoms with Crippen molar-refractivity contribution in [2.45, 2.75) is 0 Å². The van der Waals surface area contributed by atoms with Gasteiger partial charge in [0.05, 0.1) is 11.4 Å². The van der Waals surface area contributed by atoms with Crippen molar-refractivity contribution in [2.75, 3.05) is 11.1 Å². The first kappa shape index (κ1) is 11.4. The fourth-order valence-corrected chi connectivity index (χ4v) is 1.51. The van der Waals surface area contributed by atoms with Gasteiger partial charge in [-0.3, -0.25) is 9.78 Å². The van der Waals surface area contributed by atoms with E-state index in [1.54, 1.807) is 42.6 Å². The zero-order valence-electron chi connectivity index (χ0n) is 8.85. The SMILES string of the molecule is Nc1cc(Cl)ccc1NC(=O)c1ccccn1. The highest BCUT2D eigenvalue weighted by Gasteiger charge is 2.08. The van der Waals surface area contributed by atoms with E-state index in [0.717, 1.165) is 0 Å². The molecule has 0 atom stereocenters. The average Bonchev–Trinajstić information content (AvgIpc) is 2.34. The Labute approximate surface area is 103 Å². The van der Waals surface area contributed by atoms with Crippen LogP contribution in [-0.2, 0) is 0 Å². The average molecular weight is 248 g/mol. The van der Waals surface area contributed by atoms with Gasteiger partial charge in [-0.1, -0.05) is 17.7 Å². The highest BCUT2D eigenvalue weighted by molar-refractivity contribution is 6.31. The summed E-state index contributed by atoms with van der Waals surface area (Å²) in [4.78, 5) is 15.7. The van der Waals surface area contributed by atoms with Gasteiger partial charge in [-0.25, -0.2) is 0 Å². The Bertz CT molecular complexity index is 543. The van der Waals surface area contributed by atoms with Crippen molar-refractivity contribution >= 4 is 28.9 Å². The number of benzene rings is 1. The van der Waals surface area contributed by atoms with E-state index in [4.69, 9.17) is 17.3 Å². The number of hydrogen-bond acceptors (Lipinski definition) is 3. The smallest absolute Gasteiger partial charge is 0.274 e. The molecular formula is C12H10ClN3O. The summed E-state index contributed by atoms with van der Waals surface area (Å²) in [6.07, 6.45) is 1.56. The van der Waals surface area contributed by atoms with Gasteiger partial charge in [0.15, 0.2) is 0 Å². The quantitative estimate of drug-likeness (QED) is 0.802. The van der Waals surface area contributed by atoms with Crippen molar-refractivity contribution in [2.24, 2.45) is 0 Å². The molecule has 1 heterocycles. The van der Waals surface area contributed by atoms with Crippen LogP contribution in [0.15, 0.2) is 42.6 Å². The summed E-state index contributed by atoms with van der Waals surface area (Å²) >= 11 is 5.77. The third-order valence-corrected chi connectivity index (χ3v) is 2.39. The van der Waals surface area contributed by atoms with Crippen LogP contribution in [0.5, 0.6) is 0 Å². The van der Waals surface area contributed by atoms with E-state index in [2.05, 4.69) is 10.3 Å². The molecule has 0 saturated heterocycles. The number of carbonyl (C=O) groups excluding carboxylic acids is 1. The molecule has 3 N–H and O–H groups in total. The van der Waals surface area contributed by atoms with Crippen molar-refractivity contribution in [1.29, 1.82) is 0 Å². The van der Waals surface area contributed by atoms with E-state index >= 15 is 0 Å². The summed E-state index contributed by atoms with van der Waals surface area (Å²) in [6.45, 7) is 0. The van der Waals surface area contributed by atoms with E-state index < -0.39 is 0 Å². The summed E-state index contributed by atoms with van der Waals surface area (Å²) in [7, 11) is 0. The normalized spacial score (nSPS) is 9.94. The number of hydrogen-bond donors (Lipinski definition) is 2. The summed E-state index contributed by atoms with van der Waals surface area (Å²) in [5.41, 5.74) is 7.00. The first-order chi connectivity index (χ1) is 8.16. The molecule has 0 spiro atoms. The molecule has 0 aliphatic carbocycles. The third-order valence-electron chi connectivity index (χ3n) is 2.16. The Morgan fingerprint density at radius 3 is 2.76 bits per heavy atom. The lowest BCUT2D eigenvalue weighted by Gasteiger charge is -2.07. The van der Waals surface area contributed by atoms with Gasteiger partial charge >= 0.3 is 0 Å². The molecule has 0 aliphatic rings. The Kier molecular flexibility index (Phi) is 3.25. The number of aromatic nitrogens is 1. The largest absolute Gasteiger partial charge is 0.397 e. The second kappa shape index (κ2) is 4.84. The number of nitrogen functional groups attached to an aromatic ring is 1. The van der Waals surface area contributed by atoms with Crippen LogP contribution in [0.3, 0.4) is 0 Å². The molecule has 4 nitrogen and oxygen atoms in total. The zero-order chi connectivity index (χ0) is 12.3. The maximum Gasteiger partial charge on any atom is 0.274 e. The molecule has 5 heteroatoms. The molecule has 1 aromatic heterocycles. The number of amides is 1. The molecule has 0 saturated carbocycles. The number of anilines is 2. The predicted octanol–water partition coefficient (Wildman–Crippen LogP) is 2.57. The second-order valence-corrected chi connectivity index (χ2v) is 3.84. The van der Waals surface area contributed by atoms with Gasteiger partial charge < -0.3 is 11.1 Å². The van der Waals surface area contributed by atoms with Crippen LogP contribution in [0.25, 0.3) is 0 Å². The monoisotopic (exact) mass is 247 g/mol. The van der Waals surface area contributed by atoms with E-state index in [1.165, 1.54) is 0 Å². The maximum atomic E-state index is 11.8. The molecule has 86 valence electrons. The van der Waals surface area contributed by atoms with Crippen molar-refractivity contribution in [1.82, 2.24) is 4.98 Å². The van der Waals surface area contributed by atoms with Crippen molar-refractivity contribution in [3.05, 3.63) is 53.3 Å². The minimum absolute atomic E-state index is 0.306. The van der Waals surface area contributed by atoms with Crippen LogP contribution in [0.2, 0.25) is 5.02 Å². The molecule has 2 aromatic rings. The minimum Gasteiger partial charge on any atom is -0.397 e. The summed E-state index contributed by atoms with van der Waals surface area (Å²) in [5, 5.41) is 3.19. The number of nitrogens with two attached hydrogens (primary N) is 1. The van der Waals surface area contributed by atoms with Gasteiger partial charge in [0.2, 0.25) is 0 Å². The van der Waals surface area contributed by atoms with Crippen LogP contribution in [-0.4, -0.2) is 10.9 Å². The Hall–Kier alpha value is -2.07. The summed E-state index contributed by atoms with van der Waals surface area (Å²) < 4.78 is 0. The lowest BCUT2D eigenvalue weighted by atomic mass is 10.2. The fraction of sp³-hybridized carbons (Fsp3) is 0. The molecule has 0 fully saturated rings. The Morgan fingerprint density at radius 1 is 1.29 bits per heavy atom. The lowest BCUT2D eigenvalue weighted by molar-refractivity contribution is 0.102. The number of carbonyl (C=O) groups is 1. The minimum atomic E-state index is -0.306. The molecule has 0 aliphatic heterocycles. The van der Waals surface area contributed by atoms with E-state index in [9.17, 15) is 4.79 Å². The molecule has 0 bridgehead atoms. The van der Waals surface area contributed by atoms with Gasteiger partial charge in [-0.2, -0.15) is 0 Å². The number of rotatable bonds is 2. The van der Waals surface area contributed by atoms with Crippen molar-refractivity contribution in [3.8, 4) is 0 Å². The first-order valence-corrected chi connectivity index (χ1v) is 5.32. The summed E-state index contributed by atoms with van der Waals surface area (Å²) in [5.74, 6) is -0.306. The molecule has 1 aromatic carbocycles. The molecule has 0 unspecified atom stereocenters. The molecule has 1 amide bonds. The van der Waals surface area contributed by atoms with E-state index in [-0.39, 0.29) is 5.91 Å². The molecule has 17 heavy (non-hydrogen) atoms. The van der Waals surface area contributed by atoms with Gasteiger partial charge in [0.1, 0.15) is 5.69 Å². The van der Waals surface area contributed by atoms with Crippen LogP contribution < -0.4 is 11.1 Å². The van der Waals surface area contributed by atoms with Crippen LogP contribution >= 0.6 is 11.6 Å². The molecular weight excluding hydrogens is 238 g/mol. The molecule has 0 radical (unpaired) electrons. The fourth-order valence-electron chi connectivity index (χ4n) is 1.33. The number of nitrogens with one attached hydrogen (secondary N) is 1. The first-order valence-electron chi connectivity index (χ1n) is 4.94. The van der Waals surface area contributed by atoms with Gasteiger partial charge in [-0.05, 0) is 30.3 Å². The van der Waals surface area contributed by atoms with E-state index in [1.807, 2.05) is 0 Å². The van der Waals surface area contributed by atoms with E-state index in [0.29, 0.717) is 22.1 Å². The van der Waals surface area contributed by atoms with Gasteiger partial charge in [-0.15, -0.1) is 0 Å². The van der Waals surface area contributed by atoms with Crippen molar-refractivity contribution < 1.29 is 4.79 Å². The Morgan fingerprint density at radius 2 is 2.12 bits per heavy atom. The Balaban J connectivity index is 2.19. The highest BCUT2D eigenvalue weighted by atomic mass is 35.5. The van der Waals surface area contributed by atoms with Crippen LogP contribution in [0.4, 0.5) is 11.4 Å². The standard InChI is InChI=1S/C12H10ClN3O/c13-8-4-5-10(9(14)7-8)16-12(17)11-3-1-2-6-15-11/h1-7H,14H2,(H,16,17). The predicted molar refractivity (Wildman–Crippen MR) is 68.1 cm³/mol. The highest BCUT2D eigenvalue weighted by Crippen LogP contribution is 2.22. The summed E-state index contributed by atoms with van der Waals surface area (Å²) in [6, 6.07) is 10.0.